The molecule has 0 aromatic carbocycles. The molecule has 106 valence electrons. The van der Waals surface area contributed by atoms with Gasteiger partial charge in [0.05, 0.1) is 39.3 Å². The van der Waals surface area contributed by atoms with Crippen molar-refractivity contribution in [2.24, 2.45) is 0 Å². The molecule has 0 bridgehead atoms. The van der Waals surface area contributed by atoms with Crippen LogP contribution in [0, 0.1) is 0 Å². The summed E-state index contributed by atoms with van der Waals surface area (Å²) in [4.78, 5) is 21.6. The first-order valence-corrected chi connectivity index (χ1v) is 5.81. The van der Waals surface area contributed by atoms with Crippen LogP contribution in [0.15, 0.2) is 0 Å². The molecule has 3 N–H and O–H groups in total. The number of aliphatic hydroxyl groups is 3. The summed E-state index contributed by atoms with van der Waals surface area (Å²) in [5, 5.41) is 24.0. The van der Waals surface area contributed by atoms with Crippen LogP contribution in [0.25, 0.3) is 0 Å². The molecule has 0 aromatic heterocycles. The molecule has 0 atom stereocenters. The van der Waals surface area contributed by atoms with Gasteiger partial charge < -0.3 is 24.8 Å². The van der Waals surface area contributed by atoms with Crippen molar-refractivity contribution in [3.63, 3.8) is 0 Å². The Morgan fingerprint density at radius 1 is 0.944 bits per heavy atom. The molecule has 0 amide bonds. The van der Waals surface area contributed by atoms with Crippen LogP contribution in [0.2, 0.25) is 0 Å². The lowest BCUT2D eigenvalue weighted by molar-refractivity contribution is -0.152. The topological polar surface area (TPSA) is 113 Å². The van der Waals surface area contributed by atoms with E-state index < -0.39 is 6.10 Å². The number of cyclic esters (lactones) is 2. The average Bonchev–Trinajstić information content (AvgIpc) is 2.40. The van der Waals surface area contributed by atoms with Gasteiger partial charge in [-0.1, -0.05) is 0 Å². The van der Waals surface area contributed by atoms with Crippen molar-refractivity contribution < 1.29 is 34.4 Å². The van der Waals surface area contributed by atoms with Gasteiger partial charge in [-0.05, 0) is 12.8 Å². The largest absolute Gasteiger partial charge is 0.466 e. The fraction of sp³-hybridized carbons (Fsp3) is 0.818. The summed E-state index contributed by atoms with van der Waals surface area (Å²) in [7, 11) is 0. The number of carbonyl (C=O) groups is 2. The quantitative estimate of drug-likeness (QED) is 0.547. The Morgan fingerprint density at radius 3 is 1.61 bits per heavy atom. The standard InChI is InChI=1S/C8H12O4.C3H8O3/c9-7-3-4-8(10)12-6-2-1-5-11-7;4-1-3(6)2-5/h1-6H2;3-6H,1-2H2. The molecule has 0 saturated carbocycles. The van der Waals surface area contributed by atoms with Gasteiger partial charge in [0.1, 0.15) is 6.10 Å². The van der Waals surface area contributed by atoms with Crippen molar-refractivity contribution >= 4 is 11.9 Å². The maximum Gasteiger partial charge on any atom is 0.306 e. The Kier molecular flexibility index (Phi) is 10.2. The first-order chi connectivity index (χ1) is 8.60. The predicted molar refractivity (Wildman–Crippen MR) is 60.6 cm³/mol. The number of hydrogen-bond acceptors (Lipinski definition) is 7. The molecular formula is C11H20O7. The maximum absolute atomic E-state index is 10.8. The minimum Gasteiger partial charge on any atom is -0.466 e. The second-order valence-corrected chi connectivity index (χ2v) is 3.67. The molecule has 1 aliphatic heterocycles. The predicted octanol–water partition coefficient (Wildman–Crippen LogP) is -1.02. The lowest BCUT2D eigenvalue weighted by Crippen LogP contribution is -2.15. The van der Waals surface area contributed by atoms with Crippen molar-refractivity contribution in [3.8, 4) is 0 Å². The highest BCUT2D eigenvalue weighted by Gasteiger charge is 2.10. The number of rotatable bonds is 2. The molecule has 1 fully saturated rings. The van der Waals surface area contributed by atoms with Gasteiger partial charge in [0.25, 0.3) is 0 Å². The minimum absolute atomic E-state index is 0.138. The van der Waals surface area contributed by atoms with E-state index in [0.29, 0.717) is 13.2 Å². The lowest BCUT2D eigenvalue weighted by atomic mass is 10.3. The van der Waals surface area contributed by atoms with E-state index in [9.17, 15) is 9.59 Å². The van der Waals surface area contributed by atoms with Crippen LogP contribution in [-0.4, -0.2) is 59.8 Å². The van der Waals surface area contributed by atoms with Crippen molar-refractivity contribution in [2.45, 2.75) is 31.8 Å². The van der Waals surface area contributed by atoms with Gasteiger partial charge in [-0.15, -0.1) is 0 Å². The molecule has 0 unspecified atom stereocenters. The number of hydrogen-bond donors (Lipinski definition) is 3. The van der Waals surface area contributed by atoms with Gasteiger partial charge in [-0.2, -0.15) is 0 Å². The SMILES string of the molecule is O=C1CCC(=O)OCCCCO1.OCC(O)CO. The van der Waals surface area contributed by atoms with Gasteiger partial charge in [-0.3, -0.25) is 9.59 Å². The van der Waals surface area contributed by atoms with Gasteiger partial charge >= 0.3 is 11.9 Å². The van der Waals surface area contributed by atoms with E-state index in [-0.39, 0.29) is 38.0 Å². The molecule has 0 aliphatic carbocycles. The molecule has 7 heteroatoms. The molecule has 0 radical (unpaired) electrons. The molecular weight excluding hydrogens is 244 g/mol. The van der Waals surface area contributed by atoms with E-state index >= 15 is 0 Å². The first kappa shape index (κ1) is 16.8. The zero-order valence-electron chi connectivity index (χ0n) is 10.2. The average molecular weight is 264 g/mol. The summed E-state index contributed by atoms with van der Waals surface area (Å²) in [6.45, 7) is 0.153. The Bertz CT molecular complexity index is 218. The maximum atomic E-state index is 10.8. The Hall–Kier alpha value is -1.18. The Morgan fingerprint density at radius 2 is 1.33 bits per heavy atom. The van der Waals surface area contributed by atoms with Crippen molar-refractivity contribution in [2.75, 3.05) is 26.4 Å². The highest BCUT2D eigenvalue weighted by molar-refractivity contribution is 5.77. The van der Waals surface area contributed by atoms with E-state index in [4.69, 9.17) is 24.8 Å². The van der Waals surface area contributed by atoms with Crippen LogP contribution in [0.5, 0.6) is 0 Å². The summed E-state index contributed by atoms with van der Waals surface area (Å²) < 4.78 is 9.64. The van der Waals surface area contributed by atoms with E-state index in [2.05, 4.69) is 0 Å². The fourth-order valence-electron chi connectivity index (χ4n) is 0.982. The Balaban J connectivity index is 0.000000411. The third kappa shape index (κ3) is 10.0. The first-order valence-electron chi connectivity index (χ1n) is 5.81. The van der Waals surface area contributed by atoms with Crippen molar-refractivity contribution in [1.82, 2.24) is 0 Å². The highest BCUT2D eigenvalue weighted by atomic mass is 16.5. The van der Waals surface area contributed by atoms with Crippen LogP contribution in [0.1, 0.15) is 25.7 Å². The summed E-state index contributed by atoms with van der Waals surface area (Å²) >= 11 is 0. The summed E-state index contributed by atoms with van der Waals surface area (Å²) in [6.07, 6.45) is 0.848. The molecule has 1 heterocycles. The zero-order chi connectivity index (χ0) is 13.8. The lowest BCUT2D eigenvalue weighted by Gasteiger charge is -2.08. The number of carbonyl (C=O) groups excluding carboxylic acids is 2. The molecule has 7 nitrogen and oxygen atoms in total. The van der Waals surface area contributed by atoms with E-state index in [1.54, 1.807) is 0 Å². The zero-order valence-corrected chi connectivity index (χ0v) is 10.2. The monoisotopic (exact) mass is 264 g/mol. The number of esters is 2. The van der Waals surface area contributed by atoms with Gasteiger partial charge in [0.2, 0.25) is 0 Å². The third-order valence-corrected chi connectivity index (χ3v) is 2.02. The molecule has 18 heavy (non-hydrogen) atoms. The molecule has 1 saturated heterocycles. The third-order valence-electron chi connectivity index (χ3n) is 2.02. The highest BCUT2D eigenvalue weighted by Crippen LogP contribution is 2.01. The van der Waals surface area contributed by atoms with Crippen LogP contribution in [-0.2, 0) is 19.1 Å². The summed E-state index contributed by atoms with van der Waals surface area (Å²) in [6, 6.07) is 0. The second-order valence-electron chi connectivity index (χ2n) is 3.67. The second kappa shape index (κ2) is 10.9. The molecule has 1 rings (SSSR count). The number of ether oxygens (including phenoxy) is 2. The minimum atomic E-state index is -0.954. The molecule has 0 aromatic rings. The van der Waals surface area contributed by atoms with Gasteiger partial charge in [0, 0.05) is 0 Å². The van der Waals surface area contributed by atoms with E-state index in [1.165, 1.54) is 0 Å². The summed E-state index contributed by atoms with van der Waals surface area (Å²) in [5.74, 6) is -0.622. The molecule has 0 spiro atoms. The van der Waals surface area contributed by atoms with E-state index in [1.807, 2.05) is 0 Å². The normalized spacial score (nSPS) is 17.3. The Labute approximate surface area is 105 Å². The summed E-state index contributed by atoms with van der Waals surface area (Å²) in [5.41, 5.74) is 0. The van der Waals surface area contributed by atoms with Crippen molar-refractivity contribution in [3.05, 3.63) is 0 Å². The van der Waals surface area contributed by atoms with Crippen LogP contribution in [0.4, 0.5) is 0 Å². The van der Waals surface area contributed by atoms with Gasteiger partial charge in [-0.25, -0.2) is 0 Å². The van der Waals surface area contributed by atoms with Crippen LogP contribution < -0.4 is 0 Å². The van der Waals surface area contributed by atoms with Gasteiger partial charge in [0.15, 0.2) is 0 Å². The number of aliphatic hydroxyl groups excluding tert-OH is 3. The fourth-order valence-corrected chi connectivity index (χ4v) is 0.982. The molecule has 1 aliphatic rings. The van der Waals surface area contributed by atoms with Crippen molar-refractivity contribution in [1.29, 1.82) is 0 Å². The van der Waals surface area contributed by atoms with E-state index in [0.717, 1.165) is 12.8 Å². The van der Waals surface area contributed by atoms with Crippen LogP contribution in [0.3, 0.4) is 0 Å². The van der Waals surface area contributed by atoms with Crippen LogP contribution >= 0.6 is 0 Å². The smallest absolute Gasteiger partial charge is 0.306 e.